The fourth-order valence-corrected chi connectivity index (χ4v) is 3.93. The summed E-state index contributed by atoms with van der Waals surface area (Å²) >= 11 is 6.52. The Balaban J connectivity index is 2.04. The van der Waals surface area contributed by atoms with Gasteiger partial charge in [0.1, 0.15) is 12.4 Å². The normalized spacial score (nSPS) is 13.1. The quantitative estimate of drug-likeness (QED) is 0.512. The zero-order valence-corrected chi connectivity index (χ0v) is 17.7. The number of aryl methyl sites for hydroxylation is 1. The molecule has 2 heterocycles. The number of hydrogen-bond acceptors (Lipinski definition) is 6. The fourth-order valence-electron chi connectivity index (χ4n) is 3.57. The fraction of sp³-hybridized carbons (Fsp3) is 0.476. The number of aromatic hydroxyl groups is 1. The SMILES string of the molecule is CCOCCOC(=O)Oc1c(-c2c(Cl)cc(C)cc2OC)c(O)n2c1CCCC2. The lowest BCUT2D eigenvalue weighted by atomic mass is 10.0. The number of halogens is 1. The highest BCUT2D eigenvalue weighted by Gasteiger charge is 2.31. The van der Waals surface area contributed by atoms with E-state index in [2.05, 4.69) is 0 Å². The van der Waals surface area contributed by atoms with Gasteiger partial charge in [-0.2, -0.15) is 0 Å². The van der Waals surface area contributed by atoms with Crippen molar-refractivity contribution in [3.8, 4) is 28.5 Å². The van der Waals surface area contributed by atoms with Crippen LogP contribution in [0.25, 0.3) is 11.1 Å². The van der Waals surface area contributed by atoms with Gasteiger partial charge in [-0.1, -0.05) is 11.6 Å². The van der Waals surface area contributed by atoms with Crippen LogP contribution in [0.4, 0.5) is 4.79 Å². The summed E-state index contributed by atoms with van der Waals surface area (Å²) in [5.41, 5.74) is 2.47. The monoisotopic (exact) mass is 423 g/mol. The van der Waals surface area contributed by atoms with E-state index in [9.17, 15) is 9.90 Å². The lowest BCUT2D eigenvalue weighted by molar-refractivity contribution is 0.0559. The first-order valence-corrected chi connectivity index (χ1v) is 10.1. The van der Waals surface area contributed by atoms with Crippen molar-refractivity contribution in [2.24, 2.45) is 0 Å². The molecule has 0 atom stereocenters. The van der Waals surface area contributed by atoms with Crippen LogP contribution in [0.3, 0.4) is 0 Å². The van der Waals surface area contributed by atoms with Crippen LogP contribution in [0.15, 0.2) is 12.1 Å². The minimum Gasteiger partial charge on any atom is -0.496 e. The molecule has 0 spiro atoms. The summed E-state index contributed by atoms with van der Waals surface area (Å²) in [4.78, 5) is 12.3. The van der Waals surface area contributed by atoms with Gasteiger partial charge in [-0.3, -0.25) is 0 Å². The van der Waals surface area contributed by atoms with Crippen molar-refractivity contribution in [3.63, 3.8) is 0 Å². The van der Waals surface area contributed by atoms with Crippen LogP contribution >= 0.6 is 11.6 Å². The number of fused-ring (bicyclic) bond motifs is 1. The lowest BCUT2D eigenvalue weighted by Crippen LogP contribution is -2.16. The van der Waals surface area contributed by atoms with Crippen LogP contribution in [0.2, 0.25) is 5.02 Å². The number of benzene rings is 1. The van der Waals surface area contributed by atoms with Gasteiger partial charge >= 0.3 is 6.16 Å². The van der Waals surface area contributed by atoms with E-state index in [4.69, 9.17) is 30.5 Å². The van der Waals surface area contributed by atoms with Crippen molar-refractivity contribution in [3.05, 3.63) is 28.4 Å². The molecule has 158 valence electrons. The molecular weight excluding hydrogens is 398 g/mol. The summed E-state index contributed by atoms with van der Waals surface area (Å²) in [6, 6.07) is 3.60. The average Bonchev–Trinajstić information content (AvgIpc) is 2.97. The third-order valence-electron chi connectivity index (χ3n) is 4.84. The summed E-state index contributed by atoms with van der Waals surface area (Å²) in [5.74, 6) is 0.747. The Morgan fingerprint density at radius 3 is 2.76 bits per heavy atom. The predicted octanol–water partition coefficient (Wildman–Crippen LogP) is 4.72. The van der Waals surface area contributed by atoms with Crippen LogP contribution in [0, 0.1) is 6.92 Å². The number of methoxy groups -OCH3 is 1. The number of aromatic nitrogens is 1. The van der Waals surface area contributed by atoms with Crippen LogP contribution in [-0.2, 0) is 22.4 Å². The van der Waals surface area contributed by atoms with Crippen molar-refractivity contribution >= 4 is 17.8 Å². The summed E-state index contributed by atoms with van der Waals surface area (Å²) in [6.45, 7) is 5.29. The van der Waals surface area contributed by atoms with Gasteiger partial charge < -0.3 is 28.6 Å². The molecule has 0 aliphatic carbocycles. The number of carbonyl (C=O) groups excluding carboxylic acids is 1. The summed E-state index contributed by atoms with van der Waals surface area (Å²) < 4.78 is 23.1. The Hall–Kier alpha value is -2.38. The summed E-state index contributed by atoms with van der Waals surface area (Å²) in [5, 5.41) is 11.4. The van der Waals surface area contributed by atoms with Crippen LogP contribution < -0.4 is 9.47 Å². The standard InChI is InChI=1S/C21H26ClNO6/c1-4-27-9-10-28-21(25)29-19-15-7-5-6-8-23(15)20(24)18(19)17-14(22)11-13(2)12-16(17)26-3/h11-12,24H,4-10H2,1-3H3. The average molecular weight is 424 g/mol. The van der Waals surface area contributed by atoms with Crippen molar-refractivity contribution in [1.82, 2.24) is 4.57 Å². The van der Waals surface area contributed by atoms with Crippen molar-refractivity contribution in [2.45, 2.75) is 39.7 Å². The van der Waals surface area contributed by atoms with Gasteiger partial charge in [-0.15, -0.1) is 0 Å². The van der Waals surface area contributed by atoms with E-state index in [0.717, 1.165) is 24.1 Å². The second kappa shape index (κ2) is 9.41. The number of hydrogen-bond donors (Lipinski definition) is 1. The molecule has 0 fully saturated rings. The van der Waals surface area contributed by atoms with Gasteiger partial charge in [0.05, 0.1) is 35.6 Å². The minimum atomic E-state index is -0.855. The molecule has 7 nitrogen and oxygen atoms in total. The highest BCUT2D eigenvalue weighted by Crippen LogP contribution is 2.51. The number of ether oxygens (including phenoxy) is 4. The zero-order chi connectivity index (χ0) is 21.0. The van der Waals surface area contributed by atoms with Crippen molar-refractivity contribution in [2.75, 3.05) is 26.9 Å². The number of carbonyl (C=O) groups is 1. The Morgan fingerprint density at radius 2 is 2.03 bits per heavy atom. The third kappa shape index (κ3) is 4.46. The van der Waals surface area contributed by atoms with Crippen LogP contribution in [0.1, 0.15) is 31.0 Å². The first-order valence-electron chi connectivity index (χ1n) is 9.69. The summed E-state index contributed by atoms with van der Waals surface area (Å²) in [7, 11) is 1.53. The van der Waals surface area contributed by atoms with Crippen molar-refractivity contribution in [1.29, 1.82) is 0 Å². The molecule has 1 N–H and O–H groups in total. The zero-order valence-electron chi connectivity index (χ0n) is 16.9. The Labute approximate surface area is 175 Å². The molecule has 2 aromatic rings. The molecule has 0 unspecified atom stereocenters. The largest absolute Gasteiger partial charge is 0.514 e. The first kappa shape index (κ1) is 21.3. The molecule has 1 aromatic carbocycles. The second-order valence-electron chi connectivity index (χ2n) is 6.80. The number of rotatable bonds is 7. The second-order valence-corrected chi connectivity index (χ2v) is 7.21. The molecule has 0 saturated heterocycles. The molecular formula is C21H26ClNO6. The van der Waals surface area contributed by atoms with E-state index in [1.54, 1.807) is 10.6 Å². The molecule has 0 saturated carbocycles. The van der Waals surface area contributed by atoms with Crippen LogP contribution in [-0.4, -0.2) is 42.8 Å². The maximum atomic E-state index is 12.3. The van der Waals surface area contributed by atoms with Gasteiger partial charge in [0.15, 0.2) is 5.75 Å². The predicted molar refractivity (Wildman–Crippen MR) is 109 cm³/mol. The summed E-state index contributed by atoms with van der Waals surface area (Å²) in [6.07, 6.45) is 1.66. The smallest absolute Gasteiger partial charge is 0.496 e. The Morgan fingerprint density at radius 1 is 1.24 bits per heavy atom. The number of nitrogens with zero attached hydrogens (tertiary/aromatic N) is 1. The van der Waals surface area contributed by atoms with Crippen LogP contribution in [0.5, 0.6) is 17.4 Å². The van der Waals surface area contributed by atoms with E-state index in [1.165, 1.54) is 7.11 Å². The van der Waals surface area contributed by atoms with E-state index >= 15 is 0 Å². The van der Waals surface area contributed by atoms with E-state index in [0.29, 0.717) is 41.5 Å². The van der Waals surface area contributed by atoms with Gasteiger partial charge in [0, 0.05) is 13.2 Å². The topological polar surface area (TPSA) is 79.2 Å². The van der Waals surface area contributed by atoms with E-state index < -0.39 is 6.16 Å². The Kier molecular flexibility index (Phi) is 6.92. The molecule has 1 aromatic heterocycles. The molecule has 29 heavy (non-hydrogen) atoms. The van der Waals surface area contributed by atoms with Gasteiger partial charge in [0.2, 0.25) is 5.88 Å². The highest BCUT2D eigenvalue weighted by atomic mass is 35.5. The maximum absolute atomic E-state index is 12.3. The van der Waals surface area contributed by atoms with Gasteiger partial charge in [0.25, 0.3) is 0 Å². The van der Waals surface area contributed by atoms with Gasteiger partial charge in [-0.25, -0.2) is 4.79 Å². The molecule has 0 amide bonds. The Bertz CT molecular complexity index is 892. The molecule has 1 aliphatic heterocycles. The molecule has 0 bridgehead atoms. The van der Waals surface area contributed by atoms with Crippen molar-refractivity contribution < 1.29 is 28.8 Å². The molecule has 8 heteroatoms. The first-order chi connectivity index (χ1) is 14.0. The lowest BCUT2D eigenvalue weighted by Gasteiger charge is -2.16. The van der Waals surface area contributed by atoms with E-state index in [-0.39, 0.29) is 24.8 Å². The minimum absolute atomic E-state index is 0.000805. The maximum Gasteiger partial charge on any atom is 0.514 e. The highest BCUT2D eigenvalue weighted by molar-refractivity contribution is 6.34. The van der Waals surface area contributed by atoms with Gasteiger partial charge in [-0.05, 0) is 50.8 Å². The molecule has 0 radical (unpaired) electrons. The third-order valence-corrected chi connectivity index (χ3v) is 5.14. The molecule has 3 rings (SSSR count). The van der Waals surface area contributed by atoms with E-state index in [1.807, 2.05) is 19.9 Å². The molecule has 1 aliphatic rings.